The molecule has 0 saturated carbocycles. The second kappa shape index (κ2) is 9.58. The van der Waals surface area contributed by atoms with Crippen LogP contribution in [-0.4, -0.2) is 28.5 Å². The Bertz CT molecular complexity index is 1410. The smallest absolute Gasteiger partial charge is 0.277 e. The average Bonchev–Trinajstić information content (AvgIpc) is 3.34. The van der Waals surface area contributed by atoms with Crippen molar-refractivity contribution < 1.29 is 13.6 Å². The van der Waals surface area contributed by atoms with E-state index < -0.39 is 0 Å². The van der Waals surface area contributed by atoms with Gasteiger partial charge < -0.3 is 10.2 Å². The molecule has 1 unspecified atom stereocenters. The van der Waals surface area contributed by atoms with Crippen molar-refractivity contribution in [1.29, 1.82) is 0 Å². The Balaban J connectivity index is 1.35. The Morgan fingerprint density at radius 3 is 2.31 bits per heavy atom. The number of benzene rings is 2. The van der Waals surface area contributed by atoms with Gasteiger partial charge in [-0.3, -0.25) is 9.59 Å². The average molecular weight is 495 g/mol. The number of thiophene rings is 1. The van der Waals surface area contributed by atoms with Crippen molar-refractivity contribution in [3.05, 3.63) is 87.5 Å². The van der Waals surface area contributed by atoms with Crippen LogP contribution in [0.3, 0.4) is 0 Å². The summed E-state index contributed by atoms with van der Waals surface area (Å²) in [4.78, 5) is 33.0. The van der Waals surface area contributed by atoms with Gasteiger partial charge in [0.1, 0.15) is 16.3 Å². The largest absolute Gasteiger partial charge is 0.349 e. The van der Waals surface area contributed by atoms with Gasteiger partial charge in [-0.25, -0.2) is 18.3 Å². The minimum atomic E-state index is -0.379. The first-order valence-corrected chi connectivity index (χ1v) is 12.4. The van der Waals surface area contributed by atoms with Gasteiger partial charge in [-0.1, -0.05) is 12.1 Å². The third-order valence-electron chi connectivity index (χ3n) is 6.42. The molecule has 1 atom stereocenters. The van der Waals surface area contributed by atoms with Crippen LogP contribution in [0.25, 0.3) is 15.9 Å². The van der Waals surface area contributed by atoms with Crippen molar-refractivity contribution in [1.82, 2.24) is 14.9 Å². The summed E-state index contributed by atoms with van der Waals surface area (Å²) in [7, 11) is 0. The van der Waals surface area contributed by atoms with E-state index in [1.807, 2.05) is 23.3 Å². The van der Waals surface area contributed by atoms with Gasteiger partial charge in [-0.05, 0) is 73.2 Å². The number of hydrogen-bond acceptors (Lipinski definition) is 5. The van der Waals surface area contributed by atoms with Crippen LogP contribution in [0, 0.1) is 17.6 Å². The number of carbonyl (C=O) groups excluding carboxylic acids is 1. The zero-order valence-electron chi connectivity index (χ0n) is 19.1. The fourth-order valence-electron chi connectivity index (χ4n) is 4.44. The summed E-state index contributed by atoms with van der Waals surface area (Å²) in [6.45, 7) is 2.97. The van der Waals surface area contributed by atoms with E-state index in [0.717, 1.165) is 5.56 Å². The van der Waals surface area contributed by atoms with Gasteiger partial charge in [-0.2, -0.15) is 0 Å². The number of amides is 1. The lowest BCUT2D eigenvalue weighted by Gasteiger charge is -2.33. The third-order valence-corrected chi connectivity index (χ3v) is 7.32. The standard InChI is InChI=1S/C26H24F2N4O2S/c1-16(17-2-4-19(27)5-3-17)29-24(33)18-10-13-31(14-11-18)26-30-22-12-15-35-23(22)25(34)32(26)21-8-6-20(28)7-9-21/h2-9,12,15-16,18H,10-11,13-14H2,1H3,(H,29,33). The van der Waals surface area contributed by atoms with E-state index in [1.165, 1.54) is 40.2 Å². The highest BCUT2D eigenvalue weighted by molar-refractivity contribution is 7.17. The first-order valence-electron chi connectivity index (χ1n) is 11.5. The van der Waals surface area contributed by atoms with Crippen molar-refractivity contribution in [2.45, 2.75) is 25.8 Å². The number of halogens is 2. The summed E-state index contributed by atoms with van der Waals surface area (Å²) >= 11 is 1.33. The summed E-state index contributed by atoms with van der Waals surface area (Å²) in [6.07, 6.45) is 1.20. The molecule has 35 heavy (non-hydrogen) atoms. The zero-order chi connectivity index (χ0) is 24.5. The molecule has 1 N–H and O–H groups in total. The van der Waals surface area contributed by atoms with Crippen LogP contribution in [-0.2, 0) is 4.79 Å². The Morgan fingerprint density at radius 1 is 1.03 bits per heavy atom. The lowest BCUT2D eigenvalue weighted by Crippen LogP contribution is -2.43. The third kappa shape index (κ3) is 4.68. The first-order chi connectivity index (χ1) is 16.9. The quantitative estimate of drug-likeness (QED) is 0.432. The molecule has 4 aromatic rings. The second-order valence-corrected chi connectivity index (χ2v) is 9.62. The first kappa shape index (κ1) is 23.2. The minimum Gasteiger partial charge on any atom is -0.349 e. The minimum absolute atomic E-state index is 0.0429. The number of nitrogens with one attached hydrogen (secondary N) is 1. The number of fused-ring (bicyclic) bond motifs is 1. The Labute approximate surface area is 204 Å². The molecule has 0 bridgehead atoms. The van der Waals surface area contributed by atoms with Gasteiger partial charge in [-0.15, -0.1) is 11.3 Å². The lowest BCUT2D eigenvalue weighted by atomic mass is 9.95. The van der Waals surface area contributed by atoms with E-state index >= 15 is 0 Å². The van der Waals surface area contributed by atoms with Gasteiger partial charge in [0.15, 0.2) is 0 Å². The number of anilines is 1. The molecular weight excluding hydrogens is 470 g/mol. The van der Waals surface area contributed by atoms with Crippen LogP contribution in [0.1, 0.15) is 31.4 Å². The van der Waals surface area contributed by atoms with Crippen LogP contribution in [0.5, 0.6) is 0 Å². The molecule has 180 valence electrons. The summed E-state index contributed by atoms with van der Waals surface area (Å²) in [6, 6.07) is 13.5. The molecule has 0 spiro atoms. The van der Waals surface area contributed by atoms with E-state index in [9.17, 15) is 18.4 Å². The second-order valence-electron chi connectivity index (χ2n) is 8.71. The predicted molar refractivity (Wildman–Crippen MR) is 133 cm³/mol. The molecule has 1 aliphatic heterocycles. The van der Waals surface area contributed by atoms with Crippen molar-refractivity contribution in [2.24, 2.45) is 5.92 Å². The molecule has 1 fully saturated rings. The van der Waals surface area contributed by atoms with Crippen molar-refractivity contribution in [3.63, 3.8) is 0 Å². The summed E-state index contributed by atoms with van der Waals surface area (Å²) in [5.74, 6) is -0.419. The van der Waals surface area contributed by atoms with E-state index in [0.29, 0.717) is 47.8 Å². The van der Waals surface area contributed by atoms with E-state index in [1.54, 1.807) is 24.3 Å². The van der Waals surface area contributed by atoms with Crippen LogP contribution < -0.4 is 15.8 Å². The molecular formula is C26H24F2N4O2S. The summed E-state index contributed by atoms with van der Waals surface area (Å²) < 4.78 is 28.8. The highest BCUT2D eigenvalue weighted by atomic mass is 32.1. The SMILES string of the molecule is CC(NC(=O)C1CCN(c2nc3ccsc3c(=O)n2-c2ccc(F)cc2)CC1)c1ccc(F)cc1. The molecule has 1 aliphatic rings. The predicted octanol–water partition coefficient (Wildman–Crippen LogP) is 4.82. The normalized spacial score (nSPS) is 15.3. The Hall–Kier alpha value is -3.59. The molecule has 2 aromatic heterocycles. The molecule has 9 heteroatoms. The van der Waals surface area contributed by atoms with Gasteiger partial charge in [0.25, 0.3) is 5.56 Å². The molecule has 0 radical (unpaired) electrons. The van der Waals surface area contributed by atoms with Crippen LogP contribution >= 0.6 is 11.3 Å². The van der Waals surface area contributed by atoms with Crippen molar-refractivity contribution >= 4 is 33.4 Å². The molecule has 5 rings (SSSR count). The highest BCUT2D eigenvalue weighted by Crippen LogP contribution is 2.27. The summed E-state index contributed by atoms with van der Waals surface area (Å²) in [5, 5.41) is 4.86. The van der Waals surface area contributed by atoms with Crippen molar-refractivity contribution in [2.75, 3.05) is 18.0 Å². The highest BCUT2D eigenvalue weighted by Gasteiger charge is 2.29. The number of carbonyl (C=O) groups is 1. The van der Waals surface area contributed by atoms with Crippen LogP contribution in [0.4, 0.5) is 14.7 Å². The fraction of sp³-hybridized carbons (Fsp3) is 0.269. The van der Waals surface area contributed by atoms with Gasteiger partial charge in [0.2, 0.25) is 11.9 Å². The monoisotopic (exact) mass is 494 g/mol. The van der Waals surface area contributed by atoms with E-state index in [4.69, 9.17) is 4.98 Å². The molecule has 3 heterocycles. The van der Waals surface area contributed by atoms with Crippen LogP contribution in [0.2, 0.25) is 0 Å². The Kier molecular flexibility index (Phi) is 6.34. The van der Waals surface area contributed by atoms with E-state index in [2.05, 4.69) is 5.32 Å². The number of nitrogens with zero attached hydrogens (tertiary/aromatic N) is 3. The maximum Gasteiger partial charge on any atom is 0.277 e. The lowest BCUT2D eigenvalue weighted by molar-refractivity contribution is -0.126. The number of rotatable bonds is 5. The van der Waals surface area contributed by atoms with Gasteiger partial charge in [0, 0.05) is 19.0 Å². The maximum absolute atomic E-state index is 13.5. The molecule has 1 amide bonds. The fourth-order valence-corrected chi connectivity index (χ4v) is 5.20. The van der Waals surface area contributed by atoms with Gasteiger partial charge >= 0.3 is 0 Å². The molecule has 2 aromatic carbocycles. The number of aromatic nitrogens is 2. The number of hydrogen-bond donors (Lipinski definition) is 1. The molecule has 1 saturated heterocycles. The van der Waals surface area contributed by atoms with Gasteiger partial charge in [0.05, 0.1) is 17.2 Å². The number of piperidine rings is 1. The molecule has 0 aliphatic carbocycles. The topological polar surface area (TPSA) is 67.2 Å². The van der Waals surface area contributed by atoms with Crippen molar-refractivity contribution in [3.8, 4) is 5.69 Å². The van der Waals surface area contributed by atoms with Crippen LogP contribution in [0.15, 0.2) is 64.8 Å². The molecule has 6 nitrogen and oxygen atoms in total. The Morgan fingerprint density at radius 2 is 1.66 bits per heavy atom. The van der Waals surface area contributed by atoms with E-state index in [-0.39, 0.29) is 35.1 Å². The summed E-state index contributed by atoms with van der Waals surface area (Å²) in [5.41, 5.74) is 1.82. The zero-order valence-corrected chi connectivity index (χ0v) is 19.9. The maximum atomic E-state index is 13.5.